The number of rotatable bonds is 17. The molecular weight excluding hydrogens is 325 g/mol. The van der Waals surface area contributed by atoms with Crippen LogP contribution in [0.15, 0.2) is 0 Å². The maximum atomic E-state index is 3.16. The number of nitrogens with one attached hydrogen (secondary N) is 1. The van der Waals surface area contributed by atoms with Gasteiger partial charge in [-0.3, -0.25) is 0 Å². The highest BCUT2D eigenvalue weighted by molar-refractivity contribution is 5.75. The highest BCUT2D eigenvalue weighted by atomic mass is 14.8. The van der Waals surface area contributed by atoms with Crippen LogP contribution in [0.5, 0.6) is 0 Å². The molecule has 0 aromatic rings. The lowest BCUT2D eigenvalue weighted by molar-refractivity contribution is 0.592. The molecule has 0 bridgehead atoms. The van der Waals surface area contributed by atoms with Gasteiger partial charge in [0.15, 0.2) is 0 Å². The van der Waals surface area contributed by atoms with E-state index in [0.717, 1.165) is 0 Å². The number of unbranched alkanes of at least 4 members (excludes halogenated alkanes) is 15. The first-order valence-corrected chi connectivity index (χ1v) is 12.4. The summed E-state index contributed by atoms with van der Waals surface area (Å²) in [4.78, 5) is 0. The molecule has 0 amide bonds. The maximum Gasteiger partial charge on any atom is 0.0814 e. The Morgan fingerprint density at radius 1 is 0.370 bits per heavy atom. The fourth-order valence-electron chi connectivity index (χ4n) is 2.79. The highest BCUT2D eigenvalue weighted by Crippen LogP contribution is 2.04. The third-order valence-electron chi connectivity index (χ3n) is 4.69. The van der Waals surface area contributed by atoms with Crippen molar-refractivity contribution >= 4 is 8.41 Å². The second-order valence-corrected chi connectivity index (χ2v) is 7.70. The molecule has 0 aromatic heterocycles. The summed E-state index contributed by atoms with van der Waals surface area (Å²) in [5.74, 6) is 0. The van der Waals surface area contributed by atoms with Crippen LogP contribution in [0.1, 0.15) is 150 Å². The first-order chi connectivity index (χ1) is 12.7. The van der Waals surface area contributed by atoms with Gasteiger partial charge in [0.05, 0.1) is 8.41 Å². The number of hydrogen-bond donors (Lipinski definition) is 1. The van der Waals surface area contributed by atoms with E-state index in [1.807, 2.05) is 7.05 Å². The SMILES string of the molecule is B.CCCCCCCC.CCCCCCCC.CCCCCCCCNC. The van der Waals surface area contributed by atoms with Crippen LogP contribution in [0, 0.1) is 0 Å². The molecule has 0 aliphatic rings. The van der Waals surface area contributed by atoms with Gasteiger partial charge in [0.1, 0.15) is 0 Å². The molecule has 0 aliphatic carbocycles. The van der Waals surface area contributed by atoms with Crippen molar-refractivity contribution in [3.05, 3.63) is 0 Å². The third-order valence-corrected chi connectivity index (χ3v) is 4.69. The molecule has 0 heterocycles. The summed E-state index contributed by atoms with van der Waals surface area (Å²) in [6.45, 7) is 12.5. The molecule has 0 unspecified atom stereocenters. The van der Waals surface area contributed by atoms with Crippen molar-refractivity contribution in [1.82, 2.24) is 5.32 Å². The third kappa shape index (κ3) is 51.8. The van der Waals surface area contributed by atoms with Crippen LogP contribution in [0.25, 0.3) is 0 Å². The molecule has 0 rings (SSSR count). The van der Waals surface area contributed by atoms with Gasteiger partial charge in [-0.15, -0.1) is 0 Å². The molecule has 168 valence electrons. The average Bonchev–Trinajstić information content (AvgIpc) is 2.66. The van der Waals surface area contributed by atoms with Crippen molar-refractivity contribution in [3.63, 3.8) is 0 Å². The van der Waals surface area contributed by atoms with Crippen molar-refractivity contribution in [2.45, 2.75) is 150 Å². The molecule has 0 atom stereocenters. The summed E-state index contributed by atoms with van der Waals surface area (Å²) in [5.41, 5.74) is 0. The minimum atomic E-state index is 0. The van der Waals surface area contributed by atoms with Gasteiger partial charge in [0.25, 0.3) is 0 Å². The topological polar surface area (TPSA) is 12.0 Å². The predicted octanol–water partition coefficient (Wildman–Crippen LogP) is 8.12. The molecule has 0 fully saturated rings. The average molecular weight is 386 g/mol. The van der Waals surface area contributed by atoms with Gasteiger partial charge in [-0.05, 0) is 20.0 Å². The van der Waals surface area contributed by atoms with Crippen molar-refractivity contribution < 1.29 is 0 Å². The second kappa shape index (κ2) is 40.6. The molecule has 0 radical (unpaired) electrons. The predicted molar refractivity (Wildman–Crippen MR) is 135 cm³/mol. The summed E-state index contributed by atoms with van der Waals surface area (Å²) in [5, 5.41) is 3.16. The summed E-state index contributed by atoms with van der Waals surface area (Å²) in [6.07, 6.45) is 25.4. The highest BCUT2D eigenvalue weighted by Gasteiger charge is 1.87. The minimum absolute atomic E-state index is 0. The van der Waals surface area contributed by atoms with Crippen LogP contribution >= 0.6 is 0 Å². The van der Waals surface area contributed by atoms with Gasteiger partial charge >= 0.3 is 0 Å². The largest absolute Gasteiger partial charge is 0.320 e. The van der Waals surface area contributed by atoms with E-state index in [1.54, 1.807) is 0 Å². The van der Waals surface area contributed by atoms with Gasteiger partial charge in [0.2, 0.25) is 0 Å². The van der Waals surface area contributed by atoms with Gasteiger partial charge in [-0.1, -0.05) is 144 Å². The molecule has 1 nitrogen and oxygen atoms in total. The summed E-state index contributed by atoms with van der Waals surface area (Å²) < 4.78 is 0. The van der Waals surface area contributed by atoms with Crippen LogP contribution in [0.2, 0.25) is 0 Å². The fraction of sp³-hybridized carbons (Fsp3) is 1.00. The molecule has 0 aromatic carbocycles. The molecule has 0 saturated heterocycles. The zero-order valence-corrected chi connectivity index (χ0v) is 19.9. The standard InChI is InChI=1S/C9H21N.2C8H18.BH3/c1-3-4-5-6-7-8-9-10-2;2*1-3-5-7-8-6-4-2;/h10H,3-9H2,1-2H3;2*3-8H2,1-2H3;1H3. The summed E-state index contributed by atoms with van der Waals surface area (Å²) >= 11 is 0. The Morgan fingerprint density at radius 2 is 0.593 bits per heavy atom. The van der Waals surface area contributed by atoms with E-state index >= 15 is 0 Å². The Morgan fingerprint density at radius 3 is 0.815 bits per heavy atom. The second-order valence-electron chi connectivity index (χ2n) is 7.70. The van der Waals surface area contributed by atoms with Gasteiger partial charge in [-0.2, -0.15) is 0 Å². The molecule has 2 heteroatoms. The Labute approximate surface area is 177 Å². The first kappa shape index (κ1) is 34.5. The first-order valence-electron chi connectivity index (χ1n) is 12.4. The molecular formula is C25H60BN. The minimum Gasteiger partial charge on any atom is -0.320 e. The van der Waals surface area contributed by atoms with Crippen molar-refractivity contribution in [2.24, 2.45) is 0 Å². The molecule has 0 saturated carbocycles. The Balaban J connectivity index is -0.000000146. The van der Waals surface area contributed by atoms with E-state index in [2.05, 4.69) is 39.9 Å². The lowest BCUT2D eigenvalue weighted by atomic mass is 10.1. The van der Waals surface area contributed by atoms with E-state index < -0.39 is 0 Å². The smallest absolute Gasteiger partial charge is 0.0814 e. The summed E-state index contributed by atoms with van der Waals surface area (Å²) in [6, 6.07) is 0. The fourth-order valence-corrected chi connectivity index (χ4v) is 2.79. The normalized spacial score (nSPS) is 9.56. The lowest BCUT2D eigenvalue weighted by Crippen LogP contribution is -2.06. The molecule has 0 aliphatic heterocycles. The van der Waals surface area contributed by atoms with Crippen LogP contribution in [0.3, 0.4) is 0 Å². The van der Waals surface area contributed by atoms with Crippen LogP contribution in [-0.4, -0.2) is 22.0 Å². The van der Waals surface area contributed by atoms with Crippen molar-refractivity contribution in [2.75, 3.05) is 13.6 Å². The van der Waals surface area contributed by atoms with E-state index in [1.165, 1.54) is 122 Å². The van der Waals surface area contributed by atoms with E-state index in [4.69, 9.17) is 0 Å². The zero-order chi connectivity index (χ0) is 20.1. The lowest BCUT2D eigenvalue weighted by Gasteiger charge is -1.98. The van der Waals surface area contributed by atoms with Crippen molar-refractivity contribution in [3.8, 4) is 0 Å². The van der Waals surface area contributed by atoms with E-state index in [9.17, 15) is 0 Å². The molecule has 0 spiro atoms. The van der Waals surface area contributed by atoms with Crippen LogP contribution < -0.4 is 5.32 Å². The van der Waals surface area contributed by atoms with E-state index in [-0.39, 0.29) is 8.41 Å². The van der Waals surface area contributed by atoms with Crippen LogP contribution in [0.4, 0.5) is 0 Å². The summed E-state index contributed by atoms with van der Waals surface area (Å²) in [7, 11) is 2.02. The van der Waals surface area contributed by atoms with Crippen LogP contribution in [-0.2, 0) is 0 Å². The molecule has 27 heavy (non-hydrogen) atoms. The monoisotopic (exact) mass is 385 g/mol. The molecule has 1 N–H and O–H groups in total. The Hall–Kier alpha value is 0.0249. The maximum absolute atomic E-state index is 3.16. The van der Waals surface area contributed by atoms with Gasteiger partial charge < -0.3 is 5.32 Å². The van der Waals surface area contributed by atoms with Crippen molar-refractivity contribution in [1.29, 1.82) is 0 Å². The van der Waals surface area contributed by atoms with Gasteiger partial charge in [0, 0.05) is 0 Å². The van der Waals surface area contributed by atoms with E-state index in [0.29, 0.717) is 0 Å². The zero-order valence-electron chi connectivity index (χ0n) is 19.9. The Bertz CT molecular complexity index is 153. The Kier molecular flexibility index (Phi) is 52.0. The quantitative estimate of drug-likeness (QED) is 0.197. The van der Waals surface area contributed by atoms with Gasteiger partial charge in [-0.25, -0.2) is 0 Å². The number of hydrogen-bond acceptors (Lipinski definition) is 1.